The number of hydrogen-bond donors (Lipinski definition) is 1. The molecule has 1 saturated carbocycles. The van der Waals surface area contributed by atoms with Crippen molar-refractivity contribution < 1.29 is 0 Å². The quantitative estimate of drug-likeness (QED) is 0.720. The van der Waals surface area contributed by atoms with Crippen molar-refractivity contribution >= 4 is 0 Å². The van der Waals surface area contributed by atoms with Gasteiger partial charge in [-0.2, -0.15) is 5.10 Å². The molecular weight excluding hydrogens is 150 g/mol. The van der Waals surface area contributed by atoms with Crippen LogP contribution in [0.1, 0.15) is 25.0 Å². The van der Waals surface area contributed by atoms with Crippen molar-refractivity contribution in [1.29, 1.82) is 0 Å². The predicted octanol–water partition coefficient (Wildman–Crippen LogP) is 0.801. The lowest BCUT2D eigenvalue weighted by molar-refractivity contribution is 0.592. The van der Waals surface area contributed by atoms with Crippen LogP contribution in [0.25, 0.3) is 0 Å². The van der Waals surface area contributed by atoms with E-state index < -0.39 is 0 Å². The summed E-state index contributed by atoms with van der Waals surface area (Å²) in [6, 6.07) is 2.11. The minimum Gasteiger partial charge on any atom is -0.330 e. The Morgan fingerprint density at radius 1 is 1.67 bits per heavy atom. The van der Waals surface area contributed by atoms with E-state index in [2.05, 4.69) is 11.2 Å². The SMILES string of the molecule is Cn1ccc(C2(CCN)CC2)n1. The molecule has 0 aliphatic heterocycles. The summed E-state index contributed by atoms with van der Waals surface area (Å²) in [5, 5.41) is 4.42. The van der Waals surface area contributed by atoms with Crippen LogP contribution in [0.2, 0.25) is 0 Å². The molecule has 0 radical (unpaired) electrons. The van der Waals surface area contributed by atoms with Gasteiger partial charge in [0.1, 0.15) is 0 Å². The van der Waals surface area contributed by atoms with Gasteiger partial charge < -0.3 is 5.73 Å². The van der Waals surface area contributed by atoms with Crippen molar-refractivity contribution in [3.05, 3.63) is 18.0 Å². The Labute approximate surface area is 72.6 Å². The molecule has 3 nitrogen and oxygen atoms in total. The highest BCUT2D eigenvalue weighted by atomic mass is 15.3. The molecule has 0 aromatic carbocycles. The molecular formula is C9H15N3. The van der Waals surface area contributed by atoms with Gasteiger partial charge in [0.2, 0.25) is 0 Å². The van der Waals surface area contributed by atoms with Gasteiger partial charge in [-0.3, -0.25) is 4.68 Å². The molecule has 66 valence electrons. The maximum absolute atomic E-state index is 5.56. The molecule has 2 N–H and O–H groups in total. The second-order valence-corrected chi connectivity index (χ2v) is 3.69. The molecule has 0 unspecified atom stereocenters. The van der Waals surface area contributed by atoms with E-state index in [1.807, 2.05) is 17.9 Å². The minimum absolute atomic E-state index is 0.357. The molecule has 1 heterocycles. The highest BCUT2D eigenvalue weighted by Gasteiger charge is 2.45. The minimum atomic E-state index is 0.357. The van der Waals surface area contributed by atoms with E-state index in [4.69, 9.17) is 5.73 Å². The number of nitrogens with two attached hydrogens (primary N) is 1. The lowest BCUT2D eigenvalue weighted by Gasteiger charge is -2.09. The second kappa shape index (κ2) is 2.59. The van der Waals surface area contributed by atoms with Crippen LogP contribution in [0.15, 0.2) is 12.3 Å². The molecule has 1 aromatic rings. The summed E-state index contributed by atoms with van der Waals surface area (Å²) in [5.74, 6) is 0. The smallest absolute Gasteiger partial charge is 0.0686 e. The zero-order valence-electron chi connectivity index (χ0n) is 7.45. The van der Waals surface area contributed by atoms with Gasteiger partial charge in [0.25, 0.3) is 0 Å². The molecule has 1 aromatic heterocycles. The van der Waals surface area contributed by atoms with Gasteiger partial charge in [0, 0.05) is 18.7 Å². The van der Waals surface area contributed by atoms with Crippen LogP contribution in [-0.2, 0) is 12.5 Å². The molecule has 0 bridgehead atoms. The highest BCUT2D eigenvalue weighted by molar-refractivity contribution is 5.23. The molecule has 0 amide bonds. The summed E-state index contributed by atoms with van der Waals surface area (Å²) in [6.45, 7) is 0.774. The Hall–Kier alpha value is -0.830. The van der Waals surface area contributed by atoms with E-state index in [1.165, 1.54) is 18.5 Å². The van der Waals surface area contributed by atoms with Gasteiger partial charge in [-0.05, 0) is 31.9 Å². The van der Waals surface area contributed by atoms with Crippen molar-refractivity contribution in [1.82, 2.24) is 9.78 Å². The molecule has 12 heavy (non-hydrogen) atoms. The summed E-state index contributed by atoms with van der Waals surface area (Å²) in [4.78, 5) is 0. The van der Waals surface area contributed by atoms with Gasteiger partial charge in [0.15, 0.2) is 0 Å². The van der Waals surface area contributed by atoms with Crippen LogP contribution in [0.5, 0.6) is 0 Å². The Morgan fingerprint density at radius 2 is 2.42 bits per heavy atom. The number of aromatic nitrogens is 2. The zero-order valence-corrected chi connectivity index (χ0v) is 7.45. The molecule has 1 aliphatic rings. The van der Waals surface area contributed by atoms with E-state index in [-0.39, 0.29) is 0 Å². The summed E-state index contributed by atoms with van der Waals surface area (Å²) >= 11 is 0. The molecule has 0 spiro atoms. The van der Waals surface area contributed by atoms with Crippen LogP contribution in [-0.4, -0.2) is 16.3 Å². The number of hydrogen-bond acceptors (Lipinski definition) is 2. The normalized spacial score (nSPS) is 19.5. The van der Waals surface area contributed by atoms with Crippen molar-refractivity contribution in [2.45, 2.75) is 24.7 Å². The third kappa shape index (κ3) is 1.14. The molecule has 1 aliphatic carbocycles. The average Bonchev–Trinajstić information content (AvgIpc) is 2.69. The van der Waals surface area contributed by atoms with E-state index in [1.54, 1.807) is 0 Å². The third-order valence-electron chi connectivity index (χ3n) is 2.73. The average molecular weight is 165 g/mol. The zero-order chi connectivity index (χ0) is 8.60. The Kier molecular flexibility index (Phi) is 1.68. The van der Waals surface area contributed by atoms with Crippen molar-refractivity contribution in [2.24, 2.45) is 12.8 Å². The van der Waals surface area contributed by atoms with Crippen LogP contribution < -0.4 is 5.73 Å². The van der Waals surface area contributed by atoms with Crippen molar-refractivity contribution in [3.8, 4) is 0 Å². The van der Waals surface area contributed by atoms with E-state index in [0.29, 0.717) is 5.41 Å². The van der Waals surface area contributed by atoms with Gasteiger partial charge in [-0.1, -0.05) is 0 Å². The second-order valence-electron chi connectivity index (χ2n) is 3.69. The van der Waals surface area contributed by atoms with Gasteiger partial charge >= 0.3 is 0 Å². The highest BCUT2D eigenvalue weighted by Crippen LogP contribution is 2.49. The lowest BCUT2D eigenvalue weighted by Crippen LogP contribution is -2.14. The standard InChI is InChI=1S/C9H15N3/c1-12-7-2-8(11-12)9(3-4-9)5-6-10/h2,7H,3-6,10H2,1H3. The van der Waals surface area contributed by atoms with Gasteiger partial charge in [-0.25, -0.2) is 0 Å². The van der Waals surface area contributed by atoms with Crippen LogP contribution in [0.3, 0.4) is 0 Å². The van der Waals surface area contributed by atoms with Crippen LogP contribution in [0.4, 0.5) is 0 Å². The molecule has 0 atom stereocenters. The monoisotopic (exact) mass is 165 g/mol. The largest absolute Gasteiger partial charge is 0.330 e. The molecule has 1 fully saturated rings. The van der Waals surface area contributed by atoms with Gasteiger partial charge in [-0.15, -0.1) is 0 Å². The first kappa shape index (κ1) is 7.80. The summed E-state index contributed by atoms with van der Waals surface area (Å²) in [6.07, 6.45) is 5.62. The van der Waals surface area contributed by atoms with Crippen molar-refractivity contribution in [2.75, 3.05) is 6.54 Å². The molecule has 0 saturated heterocycles. The summed E-state index contributed by atoms with van der Waals surface area (Å²) < 4.78 is 1.87. The lowest BCUT2D eigenvalue weighted by atomic mass is 9.99. The first-order valence-electron chi connectivity index (χ1n) is 4.47. The maximum atomic E-state index is 5.56. The summed E-state index contributed by atoms with van der Waals surface area (Å²) in [5.41, 5.74) is 7.15. The predicted molar refractivity (Wildman–Crippen MR) is 47.8 cm³/mol. The molecule has 2 rings (SSSR count). The first-order chi connectivity index (χ1) is 5.77. The fourth-order valence-corrected chi connectivity index (χ4v) is 1.76. The molecule has 3 heteroatoms. The number of aryl methyl sites for hydroxylation is 1. The Morgan fingerprint density at radius 3 is 2.83 bits per heavy atom. The third-order valence-corrected chi connectivity index (χ3v) is 2.73. The Balaban J connectivity index is 2.18. The van der Waals surface area contributed by atoms with E-state index in [0.717, 1.165) is 13.0 Å². The van der Waals surface area contributed by atoms with E-state index in [9.17, 15) is 0 Å². The Bertz CT molecular complexity index is 273. The fraction of sp³-hybridized carbons (Fsp3) is 0.667. The topological polar surface area (TPSA) is 43.8 Å². The van der Waals surface area contributed by atoms with Gasteiger partial charge in [0.05, 0.1) is 5.69 Å². The van der Waals surface area contributed by atoms with Crippen LogP contribution in [0, 0.1) is 0 Å². The van der Waals surface area contributed by atoms with Crippen LogP contribution >= 0.6 is 0 Å². The number of nitrogens with zero attached hydrogens (tertiary/aromatic N) is 2. The summed E-state index contributed by atoms with van der Waals surface area (Å²) in [7, 11) is 1.96. The maximum Gasteiger partial charge on any atom is 0.0686 e. The fourth-order valence-electron chi connectivity index (χ4n) is 1.76. The van der Waals surface area contributed by atoms with E-state index >= 15 is 0 Å². The first-order valence-corrected chi connectivity index (χ1v) is 4.47. The van der Waals surface area contributed by atoms with Crippen molar-refractivity contribution in [3.63, 3.8) is 0 Å². The number of rotatable bonds is 3.